The Hall–Kier alpha value is -2.32. The molecule has 5 heteroatoms. The number of methoxy groups -OCH3 is 1. The molecule has 0 aliphatic rings. The van der Waals surface area contributed by atoms with Crippen LogP contribution in [0.15, 0.2) is 30.6 Å². The molecule has 0 saturated heterocycles. The summed E-state index contributed by atoms with van der Waals surface area (Å²) < 4.78 is 7.08. The highest BCUT2D eigenvalue weighted by molar-refractivity contribution is 5.42. The van der Waals surface area contributed by atoms with Gasteiger partial charge in [0.25, 0.3) is 0 Å². The van der Waals surface area contributed by atoms with Gasteiger partial charge in [0.15, 0.2) is 0 Å². The van der Waals surface area contributed by atoms with E-state index in [2.05, 4.69) is 11.1 Å². The van der Waals surface area contributed by atoms with E-state index in [0.29, 0.717) is 23.7 Å². The zero-order valence-electron chi connectivity index (χ0n) is 10.00. The van der Waals surface area contributed by atoms with Crippen LogP contribution in [0.5, 0.6) is 5.75 Å². The molecule has 1 heterocycles. The van der Waals surface area contributed by atoms with Gasteiger partial charge in [0.1, 0.15) is 18.2 Å². The number of nitriles is 1. The minimum Gasteiger partial charge on any atom is -0.496 e. The maximum absolute atomic E-state index is 9.15. The van der Waals surface area contributed by atoms with Crippen molar-refractivity contribution >= 4 is 0 Å². The van der Waals surface area contributed by atoms with E-state index in [1.54, 1.807) is 37.7 Å². The van der Waals surface area contributed by atoms with Crippen molar-refractivity contribution in [2.75, 3.05) is 7.11 Å². The number of benzene rings is 1. The van der Waals surface area contributed by atoms with E-state index >= 15 is 0 Å². The third kappa shape index (κ3) is 2.34. The molecule has 5 nitrogen and oxygen atoms in total. The van der Waals surface area contributed by atoms with Crippen molar-refractivity contribution in [2.24, 2.45) is 0 Å². The minimum atomic E-state index is -0.118. The minimum absolute atomic E-state index is 0.118. The van der Waals surface area contributed by atoms with Crippen LogP contribution in [0, 0.1) is 11.3 Å². The Balaban J connectivity index is 2.36. The Morgan fingerprint density at radius 1 is 1.50 bits per heavy atom. The number of ether oxygens (including phenoxy) is 1. The molecule has 1 aromatic carbocycles. The van der Waals surface area contributed by atoms with Crippen LogP contribution in [0.1, 0.15) is 17.0 Å². The number of hydrogen-bond acceptors (Lipinski definition) is 4. The van der Waals surface area contributed by atoms with Gasteiger partial charge in [0.2, 0.25) is 0 Å². The maximum atomic E-state index is 9.15. The highest BCUT2D eigenvalue weighted by Gasteiger charge is 2.08. The van der Waals surface area contributed by atoms with E-state index in [-0.39, 0.29) is 6.61 Å². The van der Waals surface area contributed by atoms with Crippen LogP contribution in [0.25, 0.3) is 0 Å². The number of rotatable bonds is 4. The number of aliphatic hydroxyl groups is 1. The topological polar surface area (TPSA) is 71.1 Å². The zero-order valence-corrected chi connectivity index (χ0v) is 10.00. The molecule has 0 aliphatic carbocycles. The second-order valence-corrected chi connectivity index (χ2v) is 3.77. The lowest BCUT2D eigenvalue weighted by atomic mass is 10.1. The number of aliphatic hydroxyl groups excluding tert-OH is 1. The Morgan fingerprint density at radius 3 is 3.00 bits per heavy atom. The smallest absolute Gasteiger partial charge is 0.134 e. The van der Waals surface area contributed by atoms with Crippen LogP contribution in [0.4, 0.5) is 0 Å². The number of hydrogen-bond donors (Lipinski definition) is 1. The molecule has 0 bridgehead atoms. The van der Waals surface area contributed by atoms with Crippen LogP contribution >= 0.6 is 0 Å². The Kier molecular flexibility index (Phi) is 3.60. The third-order valence-corrected chi connectivity index (χ3v) is 2.69. The van der Waals surface area contributed by atoms with Gasteiger partial charge in [-0.25, -0.2) is 4.98 Å². The number of imidazole rings is 1. The molecular weight excluding hydrogens is 230 g/mol. The fourth-order valence-corrected chi connectivity index (χ4v) is 1.79. The van der Waals surface area contributed by atoms with Gasteiger partial charge in [-0.2, -0.15) is 5.26 Å². The van der Waals surface area contributed by atoms with Crippen LogP contribution in [-0.4, -0.2) is 21.8 Å². The van der Waals surface area contributed by atoms with Crippen LogP contribution in [0.3, 0.4) is 0 Å². The van der Waals surface area contributed by atoms with Gasteiger partial charge in [-0.15, -0.1) is 0 Å². The first-order valence-corrected chi connectivity index (χ1v) is 5.46. The monoisotopic (exact) mass is 243 g/mol. The third-order valence-electron chi connectivity index (χ3n) is 2.69. The largest absolute Gasteiger partial charge is 0.496 e. The molecule has 1 aromatic heterocycles. The maximum Gasteiger partial charge on any atom is 0.134 e. The van der Waals surface area contributed by atoms with E-state index in [0.717, 1.165) is 5.56 Å². The standard InChI is InChI=1S/C13H13N3O2/c1-18-12-3-2-10(7-14)6-11(12)8-16-5-4-15-13(16)9-17/h2-6,17H,8-9H2,1H3. The second-order valence-electron chi connectivity index (χ2n) is 3.77. The van der Waals surface area contributed by atoms with Crippen molar-refractivity contribution in [3.05, 3.63) is 47.5 Å². The summed E-state index contributed by atoms with van der Waals surface area (Å²) in [6, 6.07) is 7.35. The van der Waals surface area contributed by atoms with Crippen molar-refractivity contribution in [1.82, 2.24) is 9.55 Å². The predicted molar refractivity (Wildman–Crippen MR) is 65.0 cm³/mol. The molecule has 0 atom stereocenters. The normalized spacial score (nSPS) is 10.1. The molecule has 0 saturated carbocycles. The molecule has 0 unspecified atom stereocenters. The van der Waals surface area contributed by atoms with Gasteiger partial charge < -0.3 is 14.4 Å². The van der Waals surface area contributed by atoms with E-state index in [9.17, 15) is 0 Å². The van der Waals surface area contributed by atoms with Gasteiger partial charge in [-0.3, -0.25) is 0 Å². The molecule has 18 heavy (non-hydrogen) atoms. The summed E-state index contributed by atoms with van der Waals surface area (Å²) in [5, 5.41) is 18.0. The highest BCUT2D eigenvalue weighted by atomic mass is 16.5. The summed E-state index contributed by atoms with van der Waals surface area (Å²) in [6.07, 6.45) is 3.41. The molecular formula is C13H13N3O2. The Bertz CT molecular complexity index is 584. The first kappa shape index (κ1) is 12.1. The molecule has 0 amide bonds. The first-order valence-electron chi connectivity index (χ1n) is 5.46. The fraction of sp³-hybridized carbons (Fsp3) is 0.231. The lowest BCUT2D eigenvalue weighted by molar-refractivity contribution is 0.266. The van der Waals surface area contributed by atoms with Crippen LogP contribution < -0.4 is 4.74 Å². The van der Waals surface area contributed by atoms with Crippen LogP contribution in [0.2, 0.25) is 0 Å². The summed E-state index contributed by atoms with van der Waals surface area (Å²) in [5.41, 5.74) is 1.46. The molecule has 92 valence electrons. The van der Waals surface area contributed by atoms with E-state index < -0.39 is 0 Å². The average molecular weight is 243 g/mol. The van der Waals surface area contributed by atoms with Crippen molar-refractivity contribution in [3.8, 4) is 11.8 Å². The summed E-state index contributed by atoms with van der Waals surface area (Å²) in [4.78, 5) is 4.04. The lowest BCUT2D eigenvalue weighted by Gasteiger charge is -2.11. The van der Waals surface area contributed by atoms with Gasteiger partial charge in [-0.05, 0) is 18.2 Å². The van der Waals surface area contributed by atoms with Crippen LogP contribution in [-0.2, 0) is 13.2 Å². The fourth-order valence-electron chi connectivity index (χ4n) is 1.79. The van der Waals surface area contributed by atoms with E-state index in [4.69, 9.17) is 15.1 Å². The van der Waals surface area contributed by atoms with Gasteiger partial charge in [0, 0.05) is 18.0 Å². The molecule has 0 fully saturated rings. The average Bonchev–Trinajstić information content (AvgIpc) is 2.86. The van der Waals surface area contributed by atoms with Gasteiger partial charge >= 0.3 is 0 Å². The first-order chi connectivity index (χ1) is 8.78. The molecule has 1 N–H and O–H groups in total. The SMILES string of the molecule is COc1ccc(C#N)cc1Cn1ccnc1CO. The summed E-state index contributed by atoms with van der Waals surface area (Å²) in [5.74, 6) is 1.30. The van der Waals surface area contributed by atoms with Gasteiger partial charge in [-0.1, -0.05) is 0 Å². The zero-order chi connectivity index (χ0) is 13.0. The van der Waals surface area contributed by atoms with Crippen molar-refractivity contribution in [1.29, 1.82) is 5.26 Å². The van der Waals surface area contributed by atoms with Crippen molar-refractivity contribution < 1.29 is 9.84 Å². The predicted octanol–water partition coefficient (Wildman–Crippen LogP) is 1.30. The molecule has 0 radical (unpaired) electrons. The number of aromatic nitrogens is 2. The Morgan fingerprint density at radius 2 is 2.33 bits per heavy atom. The lowest BCUT2D eigenvalue weighted by Crippen LogP contribution is -2.05. The molecule has 2 rings (SSSR count). The van der Waals surface area contributed by atoms with Crippen molar-refractivity contribution in [2.45, 2.75) is 13.2 Å². The van der Waals surface area contributed by atoms with E-state index in [1.165, 1.54) is 0 Å². The summed E-state index contributed by atoms with van der Waals surface area (Å²) in [6.45, 7) is 0.391. The van der Waals surface area contributed by atoms with Crippen molar-refractivity contribution in [3.63, 3.8) is 0 Å². The summed E-state index contributed by atoms with van der Waals surface area (Å²) >= 11 is 0. The van der Waals surface area contributed by atoms with E-state index in [1.807, 2.05) is 4.57 Å². The highest BCUT2D eigenvalue weighted by Crippen LogP contribution is 2.21. The summed E-state index contributed by atoms with van der Waals surface area (Å²) in [7, 11) is 1.59. The number of nitrogens with zero attached hydrogens (tertiary/aromatic N) is 3. The quantitative estimate of drug-likeness (QED) is 0.878. The second kappa shape index (κ2) is 5.34. The molecule has 0 spiro atoms. The molecule has 2 aromatic rings. The van der Waals surface area contributed by atoms with Gasteiger partial charge in [0.05, 0.1) is 25.3 Å². The molecule has 0 aliphatic heterocycles. The Labute approximate surface area is 105 Å².